The van der Waals surface area contributed by atoms with Crippen LogP contribution in [0.1, 0.15) is 10.5 Å². The molecule has 0 aliphatic carbocycles. The molecule has 5 nitrogen and oxygen atoms in total. The lowest BCUT2D eigenvalue weighted by Gasteiger charge is -2.29. The highest BCUT2D eigenvalue weighted by molar-refractivity contribution is 5.95. The second kappa shape index (κ2) is 5.91. The average Bonchev–Trinajstić information content (AvgIpc) is 2.84. The van der Waals surface area contributed by atoms with Gasteiger partial charge in [0.15, 0.2) is 0 Å². The van der Waals surface area contributed by atoms with Crippen molar-refractivity contribution in [3.63, 3.8) is 0 Å². The molecule has 2 saturated heterocycles. The summed E-state index contributed by atoms with van der Waals surface area (Å²) in [5.41, 5.74) is 1.39. The fourth-order valence-corrected chi connectivity index (χ4v) is 3.66. The van der Waals surface area contributed by atoms with Gasteiger partial charge in [-0.1, -0.05) is 24.3 Å². The maximum atomic E-state index is 13.0. The number of para-hydroxylation sites is 1. The third-order valence-corrected chi connectivity index (χ3v) is 4.73. The Morgan fingerprint density at radius 2 is 2.00 bits per heavy atom. The van der Waals surface area contributed by atoms with Gasteiger partial charge in [0.2, 0.25) is 0 Å². The standard InChI is InChI=1S/C18H21N3O2/c1-20-8-13-9-21(15(10-20)12-23-11-13)18(22)17-7-6-14-4-2-3-5-16(14)19-17/h2-7,13,15H,8-12H2,1H3/t13-,15-/m0/s1. The molecule has 0 unspecified atom stereocenters. The van der Waals surface area contributed by atoms with E-state index in [1.54, 1.807) is 0 Å². The topological polar surface area (TPSA) is 45.7 Å². The molecule has 2 aliphatic heterocycles. The van der Waals surface area contributed by atoms with Crippen LogP contribution in [-0.4, -0.2) is 66.6 Å². The first-order chi connectivity index (χ1) is 11.2. The van der Waals surface area contributed by atoms with E-state index in [1.165, 1.54) is 0 Å². The van der Waals surface area contributed by atoms with E-state index >= 15 is 0 Å². The van der Waals surface area contributed by atoms with Crippen molar-refractivity contribution in [1.82, 2.24) is 14.8 Å². The van der Waals surface area contributed by atoms with Gasteiger partial charge in [0.05, 0.1) is 24.8 Å². The summed E-state index contributed by atoms with van der Waals surface area (Å²) in [6, 6.07) is 11.8. The predicted molar refractivity (Wildman–Crippen MR) is 88.4 cm³/mol. The number of aromatic nitrogens is 1. The Balaban J connectivity index is 1.66. The van der Waals surface area contributed by atoms with Gasteiger partial charge in [0.1, 0.15) is 5.69 Å². The zero-order valence-corrected chi connectivity index (χ0v) is 13.3. The van der Waals surface area contributed by atoms with Gasteiger partial charge in [0.25, 0.3) is 5.91 Å². The fraction of sp³-hybridized carbons (Fsp3) is 0.444. The van der Waals surface area contributed by atoms with Gasteiger partial charge in [-0.05, 0) is 19.2 Å². The Morgan fingerprint density at radius 3 is 2.91 bits per heavy atom. The number of likely N-dealkylation sites (N-methyl/N-ethyl adjacent to an activating group) is 1. The highest BCUT2D eigenvalue weighted by atomic mass is 16.5. The Kier molecular flexibility index (Phi) is 3.75. The Bertz CT molecular complexity index is 733. The van der Waals surface area contributed by atoms with Crippen molar-refractivity contribution in [3.8, 4) is 0 Å². The summed E-state index contributed by atoms with van der Waals surface area (Å²) >= 11 is 0. The van der Waals surface area contributed by atoms with Crippen LogP contribution in [0.5, 0.6) is 0 Å². The Labute approximate surface area is 135 Å². The van der Waals surface area contributed by atoms with E-state index in [9.17, 15) is 4.79 Å². The number of fused-ring (bicyclic) bond motifs is 4. The monoisotopic (exact) mass is 311 g/mol. The number of hydrogen-bond acceptors (Lipinski definition) is 4. The number of ether oxygens (including phenoxy) is 1. The molecule has 2 fully saturated rings. The summed E-state index contributed by atoms with van der Waals surface area (Å²) in [7, 11) is 2.12. The first-order valence-corrected chi connectivity index (χ1v) is 8.14. The first-order valence-electron chi connectivity index (χ1n) is 8.14. The first kappa shape index (κ1) is 14.6. The van der Waals surface area contributed by atoms with Crippen molar-refractivity contribution in [2.45, 2.75) is 6.04 Å². The van der Waals surface area contributed by atoms with Crippen molar-refractivity contribution in [1.29, 1.82) is 0 Å². The van der Waals surface area contributed by atoms with Crippen molar-refractivity contribution in [3.05, 3.63) is 42.1 Å². The van der Waals surface area contributed by atoms with Gasteiger partial charge in [-0.3, -0.25) is 4.79 Å². The Morgan fingerprint density at radius 1 is 1.13 bits per heavy atom. The van der Waals surface area contributed by atoms with Crippen molar-refractivity contribution >= 4 is 16.8 Å². The lowest BCUT2D eigenvalue weighted by atomic mass is 10.1. The molecule has 1 aromatic heterocycles. The molecule has 120 valence electrons. The minimum absolute atomic E-state index is 0.0200. The quantitative estimate of drug-likeness (QED) is 0.803. The van der Waals surface area contributed by atoms with Crippen LogP contribution in [0.25, 0.3) is 10.9 Å². The lowest BCUT2D eigenvalue weighted by Crippen LogP contribution is -2.46. The number of nitrogens with zero attached hydrogens (tertiary/aromatic N) is 3. The van der Waals surface area contributed by atoms with Crippen molar-refractivity contribution in [2.24, 2.45) is 5.92 Å². The summed E-state index contributed by atoms with van der Waals surface area (Å²) < 4.78 is 5.76. The van der Waals surface area contributed by atoms with Crippen LogP contribution in [0.4, 0.5) is 0 Å². The molecule has 1 aromatic carbocycles. The third-order valence-electron chi connectivity index (χ3n) is 4.73. The second-order valence-corrected chi connectivity index (χ2v) is 6.63. The van der Waals surface area contributed by atoms with Crippen LogP contribution < -0.4 is 0 Å². The third kappa shape index (κ3) is 2.82. The maximum absolute atomic E-state index is 13.0. The fourth-order valence-electron chi connectivity index (χ4n) is 3.66. The SMILES string of the molecule is CN1C[C@@H]2COC[C@H](C1)N(C(=O)c1ccc3ccccc3n1)C2. The summed E-state index contributed by atoms with van der Waals surface area (Å²) in [5.74, 6) is 0.392. The number of amides is 1. The van der Waals surface area contributed by atoms with Gasteiger partial charge in [-0.2, -0.15) is 0 Å². The zero-order chi connectivity index (χ0) is 15.8. The maximum Gasteiger partial charge on any atom is 0.272 e. The predicted octanol–water partition coefficient (Wildman–Crippen LogP) is 1.64. The molecule has 1 amide bonds. The highest BCUT2D eigenvalue weighted by Crippen LogP contribution is 2.21. The van der Waals surface area contributed by atoms with E-state index < -0.39 is 0 Å². The zero-order valence-electron chi connectivity index (χ0n) is 13.3. The summed E-state index contributed by atoms with van der Waals surface area (Å²) in [4.78, 5) is 21.9. The summed E-state index contributed by atoms with van der Waals surface area (Å²) in [6.07, 6.45) is 0. The van der Waals surface area contributed by atoms with Gasteiger partial charge >= 0.3 is 0 Å². The van der Waals surface area contributed by atoms with Crippen LogP contribution in [0.15, 0.2) is 36.4 Å². The molecule has 0 N–H and O–H groups in total. The highest BCUT2D eigenvalue weighted by Gasteiger charge is 2.35. The molecule has 5 heteroatoms. The van der Waals surface area contributed by atoms with E-state index in [0.717, 1.165) is 37.1 Å². The van der Waals surface area contributed by atoms with Crippen LogP contribution in [0.2, 0.25) is 0 Å². The number of rotatable bonds is 1. The summed E-state index contributed by atoms with van der Waals surface area (Å²) in [6.45, 7) is 3.93. The molecule has 2 atom stereocenters. The van der Waals surface area contributed by atoms with E-state index in [2.05, 4.69) is 16.9 Å². The molecule has 2 aromatic rings. The largest absolute Gasteiger partial charge is 0.379 e. The average molecular weight is 311 g/mol. The molecule has 2 bridgehead atoms. The van der Waals surface area contributed by atoms with Gasteiger partial charge in [-0.15, -0.1) is 0 Å². The van der Waals surface area contributed by atoms with E-state index in [-0.39, 0.29) is 11.9 Å². The number of hydrogen-bond donors (Lipinski definition) is 0. The number of benzene rings is 1. The van der Waals surface area contributed by atoms with E-state index in [4.69, 9.17) is 4.74 Å². The normalized spacial score (nSPS) is 25.3. The molecule has 2 aliphatic rings. The molecule has 0 saturated carbocycles. The summed E-state index contributed by atoms with van der Waals surface area (Å²) in [5, 5.41) is 1.06. The van der Waals surface area contributed by atoms with E-state index in [1.807, 2.05) is 41.3 Å². The molecule has 4 rings (SSSR count). The number of pyridine rings is 1. The van der Waals surface area contributed by atoms with Crippen LogP contribution in [0.3, 0.4) is 0 Å². The smallest absolute Gasteiger partial charge is 0.272 e. The molecule has 0 radical (unpaired) electrons. The van der Waals surface area contributed by atoms with Gasteiger partial charge < -0.3 is 14.5 Å². The molecule has 3 heterocycles. The second-order valence-electron chi connectivity index (χ2n) is 6.63. The van der Waals surface area contributed by atoms with E-state index in [0.29, 0.717) is 18.2 Å². The minimum atomic E-state index is 0.0200. The minimum Gasteiger partial charge on any atom is -0.379 e. The molecule has 0 spiro atoms. The van der Waals surface area contributed by atoms with Crippen LogP contribution in [0, 0.1) is 5.92 Å². The molecular formula is C18H21N3O2. The molecule has 23 heavy (non-hydrogen) atoms. The number of carbonyl (C=O) groups is 1. The lowest BCUT2D eigenvalue weighted by molar-refractivity contribution is 0.0480. The molecular weight excluding hydrogens is 290 g/mol. The van der Waals surface area contributed by atoms with Crippen molar-refractivity contribution < 1.29 is 9.53 Å². The number of carbonyl (C=O) groups excluding carboxylic acids is 1. The van der Waals surface area contributed by atoms with Gasteiger partial charge in [0, 0.05) is 30.9 Å². The Hall–Kier alpha value is -1.98. The van der Waals surface area contributed by atoms with Gasteiger partial charge in [-0.25, -0.2) is 4.98 Å². The van der Waals surface area contributed by atoms with Crippen LogP contribution in [-0.2, 0) is 4.74 Å². The van der Waals surface area contributed by atoms with Crippen molar-refractivity contribution in [2.75, 3.05) is 39.9 Å². The van der Waals surface area contributed by atoms with Crippen LogP contribution >= 0.6 is 0 Å².